The topological polar surface area (TPSA) is 52.6 Å². The average molecular weight is 515 g/mol. The van der Waals surface area contributed by atoms with E-state index in [1.54, 1.807) is 0 Å². The van der Waals surface area contributed by atoms with E-state index in [1.807, 2.05) is 0 Å². The van der Waals surface area contributed by atoms with Crippen LogP contribution in [0.15, 0.2) is 12.1 Å². The molecule has 0 radical (unpaired) electrons. The fraction of sp³-hybridized carbons (Fsp3) is 0.724. The van der Waals surface area contributed by atoms with Crippen LogP contribution in [0.4, 0.5) is 13.2 Å². The summed E-state index contributed by atoms with van der Waals surface area (Å²) < 4.78 is 49.6. The zero-order valence-electron chi connectivity index (χ0n) is 22.1. The van der Waals surface area contributed by atoms with Crippen molar-refractivity contribution in [1.82, 2.24) is 0 Å². The first-order valence-electron chi connectivity index (χ1n) is 13.9. The van der Waals surface area contributed by atoms with Crippen LogP contribution in [0.1, 0.15) is 128 Å². The molecule has 0 fully saturated rings. The summed E-state index contributed by atoms with van der Waals surface area (Å²) >= 11 is 0. The van der Waals surface area contributed by atoms with Gasteiger partial charge in [0.15, 0.2) is 11.6 Å². The minimum Gasteiger partial charge on any atom is -0.466 e. The summed E-state index contributed by atoms with van der Waals surface area (Å²) in [5.41, 5.74) is -0.245. The number of benzene rings is 1. The molecule has 7 heteroatoms. The molecule has 0 aliphatic rings. The molecule has 0 heterocycles. The van der Waals surface area contributed by atoms with E-state index in [0.717, 1.165) is 19.3 Å². The number of rotatable bonds is 22. The highest BCUT2D eigenvalue weighted by Gasteiger charge is 2.12. The van der Waals surface area contributed by atoms with E-state index in [4.69, 9.17) is 9.47 Å². The number of hydrogen-bond donors (Lipinski definition) is 0. The molecule has 1 aromatic carbocycles. The van der Waals surface area contributed by atoms with E-state index in [0.29, 0.717) is 18.7 Å². The first kappa shape index (κ1) is 32.0. The Morgan fingerprint density at radius 3 is 1.56 bits per heavy atom. The number of halogens is 3. The highest BCUT2D eigenvalue weighted by atomic mass is 19.2. The molecule has 0 aliphatic heterocycles. The normalized spacial score (nSPS) is 11.0. The molecular weight excluding hydrogens is 469 g/mol. The van der Waals surface area contributed by atoms with Gasteiger partial charge in [-0.25, -0.2) is 13.2 Å². The highest BCUT2D eigenvalue weighted by Crippen LogP contribution is 2.16. The Kier molecular flexibility index (Phi) is 18.7. The lowest BCUT2D eigenvalue weighted by Gasteiger charge is -2.07. The average Bonchev–Trinajstić information content (AvgIpc) is 2.85. The summed E-state index contributed by atoms with van der Waals surface area (Å²) in [7, 11) is 0. The van der Waals surface area contributed by atoms with Gasteiger partial charge in [0.2, 0.25) is 0 Å². The second kappa shape index (κ2) is 21.1. The Morgan fingerprint density at radius 2 is 1.03 bits per heavy atom. The first-order valence-corrected chi connectivity index (χ1v) is 13.9. The van der Waals surface area contributed by atoms with Crippen molar-refractivity contribution in [2.45, 2.75) is 129 Å². The molecule has 0 aliphatic carbocycles. The van der Waals surface area contributed by atoms with Gasteiger partial charge in [0.05, 0.1) is 6.61 Å². The molecule has 0 amide bonds. The summed E-state index contributed by atoms with van der Waals surface area (Å²) in [6.45, 7) is 2.14. The zero-order chi connectivity index (χ0) is 26.4. The summed E-state index contributed by atoms with van der Waals surface area (Å²) in [6.07, 6.45) is 19.4. The third-order valence-corrected chi connectivity index (χ3v) is 6.25. The lowest BCUT2D eigenvalue weighted by atomic mass is 10.0. The monoisotopic (exact) mass is 514 g/mol. The van der Waals surface area contributed by atoms with Gasteiger partial charge in [-0.05, 0) is 18.9 Å². The van der Waals surface area contributed by atoms with Crippen molar-refractivity contribution < 1.29 is 32.2 Å². The largest absolute Gasteiger partial charge is 0.466 e. The van der Waals surface area contributed by atoms with Crippen molar-refractivity contribution in [2.24, 2.45) is 0 Å². The number of carbonyl (C=O) groups is 2. The minimum atomic E-state index is -1.30. The Bertz CT molecular complexity index is 739. The molecule has 0 unspecified atom stereocenters. The number of esters is 2. The molecule has 0 N–H and O–H groups in total. The predicted octanol–water partition coefficient (Wildman–Crippen LogP) is 8.73. The van der Waals surface area contributed by atoms with Gasteiger partial charge in [0.25, 0.3) is 0 Å². The maximum absolute atomic E-state index is 13.5. The van der Waals surface area contributed by atoms with Gasteiger partial charge in [-0.15, -0.1) is 0 Å². The highest BCUT2D eigenvalue weighted by molar-refractivity contribution is 5.72. The lowest BCUT2D eigenvalue weighted by molar-refractivity contribution is -0.146. The molecule has 0 aromatic heterocycles. The van der Waals surface area contributed by atoms with Gasteiger partial charge in [-0.1, -0.05) is 96.8 Å². The fourth-order valence-electron chi connectivity index (χ4n) is 4.01. The molecule has 206 valence electrons. The summed E-state index contributed by atoms with van der Waals surface area (Å²) in [5, 5.41) is 0. The molecule has 0 saturated heterocycles. The zero-order valence-corrected chi connectivity index (χ0v) is 22.1. The van der Waals surface area contributed by atoms with E-state index in [9.17, 15) is 22.8 Å². The molecule has 0 bridgehead atoms. The Labute approximate surface area is 215 Å². The fourth-order valence-corrected chi connectivity index (χ4v) is 4.01. The molecule has 1 aromatic rings. The smallest absolute Gasteiger partial charge is 0.306 e. The third kappa shape index (κ3) is 16.6. The molecule has 36 heavy (non-hydrogen) atoms. The SMILES string of the molecule is CCCCCCCCCCCCCCCCCOC(=O)CCCC(=O)OCc1cc(F)c(F)cc1F. The molecule has 0 spiro atoms. The second-order valence-electron chi connectivity index (χ2n) is 9.54. The van der Waals surface area contributed by atoms with Crippen molar-refractivity contribution in [2.75, 3.05) is 6.61 Å². The maximum atomic E-state index is 13.5. The van der Waals surface area contributed by atoms with Crippen molar-refractivity contribution in [3.05, 3.63) is 35.1 Å². The summed E-state index contributed by atoms with van der Waals surface area (Å²) in [5.74, 6) is -4.50. The van der Waals surface area contributed by atoms with Crippen molar-refractivity contribution in [3.8, 4) is 0 Å². The Morgan fingerprint density at radius 1 is 0.583 bits per heavy atom. The number of carbonyl (C=O) groups excluding carboxylic acids is 2. The molecule has 4 nitrogen and oxygen atoms in total. The Balaban J connectivity index is 1.89. The van der Waals surface area contributed by atoms with Gasteiger partial charge in [0, 0.05) is 24.5 Å². The molecule has 0 saturated carbocycles. The molecular formula is C29H45F3O4. The second-order valence-corrected chi connectivity index (χ2v) is 9.54. The van der Waals surface area contributed by atoms with Crippen LogP contribution in [0.3, 0.4) is 0 Å². The van der Waals surface area contributed by atoms with Gasteiger partial charge < -0.3 is 9.47 Å². The van der Waals surface area contributed by atoms with Crippen molar-refractivity contribution in [3.63, 3.8) is 0 Å². The Hall–Kier alpha value is -2.05. The summed E-state index contributed by atoms with van der Waals surface area (Å²) in [4.78, 5) is 23.5. The number of hydrogen-bond acceptors (Lipinski definition) is 4. The lowest BCUT2D eigenvalue weighted by Crippen LogP contribution is -2.09. The van der Waals surface area contributed by atoms with Gasteiger partial charge >= 0.3 is 11.9 Å². The van der Waals surface area contributed by atoms with E-state index >= 15 is 0 Å². The molecule has 1 rings (SSSR count). The van der Waals surface area contributed by atoms with Gasteiger partial charge in [-0.3, -0.25) is 9.59 Å². The van der Waals surface area contributed by atoms with Crippen LogP contribution in [-0.2, 0) is 25.7 Å². The first-order chi connectivity index (χ1) is 17.4. The van der Waals surface area contributed by atoms with E-state index < -0.39 is 30.0 Å². The third-order valence-electron chi connectivity index (χ3n) is 6.25. The number of ether oxygens (including phenoxy) is 2. The standard InChI is InChI=1S/C29H45F3O4/c1-2-3-4-5-6-7-8-9-10-11-12-13-14-15-16-20-35-28(33)18-17-19-29(34)36-23-24-21-26(31)27(32)22-25(24)30/h21-22H,2-20,23H2,1H3. The number of unbranched alkanes of at least 4 members (excludes halogenated alkanes) is 14. The van der Waals surface area contributed by atoms with Crippen LogP contribution in [-0.4, -0.2) is 18.5 Å². The van der Waals surface area contributed by atoms with E-state index in [2.05, 4.69) is 6.92 Å². The minimum absolute atomic E-state index is 0.0423. The van der Waals surface area contributed by atoms with Crippen LogP contribution >= 0.6 is 0 Å². The van der Waals surface area contributed by atoms with Crippen molar-refractivity contribution in [1.29, 1.82) is 0 Å². The van der Waals surface area contributed by atoms with Crippen LogP contribution in [0.2, 0.25) is 0 Å². The maximum Gasteiger partial charge on any atom is 0.306 e. The van der Waals surface area contributed by atoms with E-state index in [1.165, 1.54) is 77.0 Å². The predicted molar refractivity (Wildman–Crippen MR) is 136 cm³/mol. The quantitative estimate of drug-likeness (QED) is 0.0882. The van der Waals surface area contributed by atoms with Crippen LogP contribution in [0.5, 0.6) is 0 Å². The summed E-state index contributed by atoms with van der Waals surface area (Å²) in [6, 6.07) is 1.07. The van der Waals surface area contributed by atoms with Crippen molar-refractivity contribution >= 4 is 11.9 Å². The van der Waals surface area contributed by atoms with E-state index in [-0.39, 0.29) is 30.8 Å². The molecule has 0 atom stereocenters. The van der Waals surface area contributed by atoms with Crippen LogP contribution in [0.25, 0.3) is 0 Å². The van der Waals surface area contributed by atoms with Gasteiger partial charge in [-0.2, -0.15) is 0 Å². The van der Waals surface area contributed by atoms with Crippen LogP contribution < -0.4 is 0 Å². The van der Waals surface area contributed by atoms with Crippen LogP contribution in [0, 0.1) is 17.5 Å². The van der Waals surface area contributed by atoms with Gasteiger partial charge in [0.1, 0.15) is 12.4 Å².